The van der Waals surface area contributed by atoms with Crippen molar-refractivity contribution in [1.82, 2.24) is 9.55 Å². The molecule has 2 rings (SSSR count). The van der Waals surface area contributed by atoms with Gasteiger partial charge in [-0.3, -0.25) is 9.36 Å². The van der Waals surface area contributed by atoms with E-state index in [0.29, 0.717) is 19.0 Å². The Hall–Kier alpha value is -2.34. The topological polar surface area (TPSA) is 65.4 Å². The van der Waals surface area contributed by atoms with Crippen LogP contribution >= 0.6 is 0 Å². The molecule has 0 aliphatic rings. The van der Waals surface area contributed by atoms with Gasteiger partial charge in [0, 0.05) is 31.2 Å². The molecule has 1 N–H and O–H groups in total. The van der Waals surface area contributed by atoms with E-state index in [-0.39, 0.29) is 11.7 Å². The predicted molar refractivity (Wildman–Crippen MR) is 90.6 cm³/mol. The molecule has 0 fully saturated rings. The van der Waals surface area contributed by atoms with Gasteiger partial charge in [0.25, 0.3) is 5.56 Å². The van der Waals surface area contributed by atoms with Gasteiger partial charge in [-0.25, -0.2) is 4.98 Å². The lowest BCUT2D eigenvalue weighted by Gasteiger charge is -2.10. The Morgan fingerprint density at radius 1 is 1.26 bits per heavy atom. The molecule has 0 bridgehead atoms. The average molecular weight is 317 g/mol. The van der Waals surface area contributed by atoms with E-state index in [4.69, 9.17) is 9.47 Å². The van der Waals surface area contributed by atoms with Gasteiger partial charge < -0.3 is 14.8 Å². The Morgan fingerprint density at radius 3 is 2.65 bits per heavy atom. The summed E-state index contributed by atoms with van der Waals surface area (Å²) in [5.41, 5.74) is 0.590. The van der Waals surface area contributed by atoms with Crippen LogP contribution in [0.5, 0.6) is 5.75 Å². The Balaban J connectivity index is 2.04. The van der Waals surface area contributed by atoms with E-state index < -0.39 is 0 Å². The number of nitrogens with zero attached hydrogens (tertiary/aromatic N) is 2. The third-order valence-corrected chi connectivity index (χ3v) is 3.26. The third kappa shape index (κ3) is 4.82. The van der Waals surface area contributed by atoms with Crippen molar-refractivity contribution >= 4 is 5.82 Å². The summed E-state index contributed by atoms with van der Waals surface area (Å²) >= 11 is 0. The Kier molecular flexibility index (Phi) is 6.17. The molecule has 1 heterocycles. The molecule has 0 atom stereocenters. The lowest BCUT2D eigenvalue weighted by atomic mass is 10.3. The molecular weight excluding hydrogens is 294 g/mol. The van der Waals surface area contributed by atoms with Gasteiger partial charge in [-0.15, -0.1) is 0 Å². The highest BCUT2D eigenvalue weighted by Gasteiger charge is 2.06. The second-order valence-corrected chi connectivity index (χ2v) is 5.35. The zero-order valence-corrected chi connectivity index (χ0v) is 13.8. The van der Waals surface area contributed by atoms with E-state index in [0.717, 1.165) is 17.9 Å². The maximum Gasteiger partial charge on any atom is 0.297 e. The number of benzene rings is 1. The summed E-state index contributed by atoms with van der Waals surface area (Å²) in [6.45, 7) is 5.30. The second kappa shape index (κ2) is 8.33. The van der Waals surface area contributed by atoms with Gasteiger partial charge in [0.2, 0.25) is 0 Å². The molecule has 6 heteroatoms. The van der Waals surface area contributed by atoms with Gasteiger partial charge in [0.1, 0.15) is 5.75 Å². The molecule has 0 aliphatic carbocycles. The van der Waals surface area contributed by atoms with E-state index in [1.807, 2.05) is 38.1 Å². The predicted octanol–water partition coefficient (Wildman–Crippen LogP) is 2.47. The van der Waals surface area contributed by atoms with Gasteiger partial charge in [-0.05, 0) is 44.5 Å². The van der Waals surface area contributed by atoms with Gasteiger partial charge >= 0.3 is 0 Å². The van der Waals surface area contributed by atoms with E-state index in [9.17, 15) is 4.79 Å². The molecule has 0 aliphatic heterocycles. The van der Waals surface area contributed by atoms with Crippen molar-refractivity contribution in [3.63, 3.8) is 0 Å². The van der Waals surface area contributed by atoms with Crippen molar-refractivity contribution in [2.45, 2.75) is 26.4 Å². The molecule has 1 aromatic carbocycles. The van der Waals surface area contributed by atoms with Crippen LogP contribution in [0, 0.1) is 0 Å². The fourth-order valence-corrected chi connectivity index (χ4v) is 2.08. The molecule has 23 heavy (non-hydrogen) atoms. The van der Waals surface area contributed by atoms with Crippen LogP contribution in [0.4, 0.5) is 5.82 Å². The quantitative estimate of drug-likeness (QED) is 0.758. The van der Waals surface area contributed by atoms with Gasteiger partial charge in [0.05, 0.1) is 13.2 Å². The number of hydrogen-bond donors (Lipinski definition) is 1. The molecule has 0 unspecified atom stereocenters. The molecule has 0 spiro atoms. The first kappa shape index (κ1) is 17.0. The monoisotopic (exact) mass is 317 g/mol. The van der Waals surface area contributed by atoms with Gasteiger partial charge in [-0.1, -0.05) is 0 Å². The van der Waals surface area contributed by atoms with Crippen molar-refractivity contribution in [2.75, 3.05) is 25.6 Å². The van der Waals surface area contributed by atoms with Gasteiger partial charge in [-0.2, -0.15) is 0 Å². The smallest absolute Gasteiger partial charge is 0.297 e. The van der Waals surface area contributed by atoms with Crippen molar-refractivity contribution in [3.8, 4) is 11.4 Å². The van der Waals surface area contributed by atoms with Crippen LogP contribution in [0.1, 0.15) is 20.3 Å². The first-order valence-corrected chi connectivity index (χ1v) is 7.69. The van der Waals surface area contributed by atoms with Crippen LogP contribution < -0.4 is 15.6 Å². The lowest BCUT2D eigenvalue weighted by molar-refractivity contribution is 0.0787. The second-order valence-electron chi connectivity index (χ2n) is 5.35. The summed E-state index contributed by atoms with van der Waals surface area (Å²) in [5, 5.41) is 3.07. The fraction of sp³-hybridized carbons (Fsp3) is 0.412. The average Bonchev–Trinajstić information content (AvgIpc) is 2.56. The van der Waals surface area contributed by atoms with Gasteiger partial charge in [0.15, 0.2) is 5.82 Å². The van der Waals surface area contributed by atoms with Crippen LogP contribution in [-0.2, 0) is 4.74 Å². The number of ether oxygens (including phenoxy) is 2. The first-order valence-electron chi connectivity index (χ1n) is 7.69. The van der Waals surface area contributed by atoms with Crippen LogP contribution in [0.3, 0.4) is 0 Å². The largest absolute Gasteiger partial charge is 0.497 e. The minimum atomic E-state index is -0.178. The zero-order chi connectivity index (χ0) is 16.7. The number of hydrogen-bond acceptors (Lipinski definition) is 5. The highest BCUT2D eigenvalue weighted by atomic mass is 16.5. The standard InChI is InChI=1S/C17H23N3O3/c1-13(2)23-12-4-9-18-16-17(21)20(11-10-19-16)14-5-7-15(22-3)8-6-14/h5-8,10-11,13H,4,9,12H2,1-3H3,(H,18,19). The molecule has 0 amide bonds. The highest BCUT2D eigenvalue weighted by Crippen LogP contribution is 2.13. The molecule has 0 radical (unpaired) electrons. The number of nitrogens with one attached hydrogen (secondary N) is 1. The third-order valence-electron chi connectivity index (χ3n) is 3.26. The molecule has 0 saturated carbocycles. The van der Waals surface area contributed by atoms with Crippen LogP contribution in [0.2, 0.25) is 0 Å². The SMILES string of the molecule is COc1ccc(-n2ccnc(NCCCOC(C)C)c2=O)cc1. The summed E-state index contributed by atoms with van der Waals surface area (Å²) in [5.74, 6) is 1.09. The number of aromatic nitrogens is 2. The van der Waals surface area contributed by atoms with Crippen molar-refractivity contribution < 1.29 is 9.47 Å². The minimum Gasteiger partial charge on any atom is -0.497 e. The van der Waals surface area contributed by atoms with E-state index in [2.05, 4.69) is 10.3 Å². The summed E-state index contributed by atoms with van der Waals surface area (Å²) in [7, 11) is 1.61. The summed E-state index contributed by atoms with van der Waals surface area (Å²) in [6.07, 6.45) is 4.30. The fourth-order valence-electron chi connectivity index (χ4n) is 2.08. The summed E-state index contributed by atoms with van der Waals surface area (Å²) in [6, 6.07) is 7.30. The Labute approximate surface area is 136 Å². The van der Waals surface area contributed by atoms with E-state index in [1.54, 1.807) is 24.1 Å². The number of methoxy groups -OCH3 is 1. The lowest BCUT2D eigenvalue weighted by Crippen LogP contribution is -2.24. The van der Waals surface area contributed by atoms with Crippen molar-refractivity contribution in [1.29, 1.82) is 0 Å². The number of rotatable bonds is 8. The molecule has 0 saturated heterocycles. The molecule has 124 valence electrons. The molecule has 2 aromatic rings. The first-order chi connectivity index (χ1) is 11.1. The Morgan fingerprint density at radius 2 is 2.00 bits per heavy atom. The van der Waals surface area contributed by atoms with Crippen LogP contribution in [0.15, 0.2) is 41.5 Å². The van der Waals surface area contributed by atoms with Crippen LogP contribution in [-0.4, -0.2) is 35.9 Å². The Bertz CT molecular complexity index is 666. The van der Waals surface area contributed by atoms with E-state index >= 15 is 0 Å². The maximum absolute atomic E-state index is 12.5. The zero-order valence-electron chi connectivity index (χ0n) is 13.8. The normalized spacial score (nSPS) is 10.8. The van der Waals surface area contributed by atoms with Crippen molar-refractivity contribution in [3.05, 3.63) is 47.0 Å². The molecular formula is C17H23N3O3. The highest BCUT2D eigenvalue weighted by molar-refractivity contribution is 5.40. The minimum absolute atomic E-state index is 0.178. The molecule has 6 nitrogen and oxygen atoms in total. The summed E-state index contributed by atoms with van der Waals surface area (Å²) in [4.78, 5) is 16.6. The number of anilines is 1. The maximum atomic E-state index is 12.5. The van der Waals surface area contributed by atoms with Crippen LogP contribution in [0.25, 0.3) is 5.69 Å². The van der Waals surface area contributed by atoms with Crippen molar-refractivity contribution in [2.24, 2.45) is 0 Å². The molecule has 1 aromatic heterocycles. The van der Waals surface area contributed by atoms with E-state index in [1.165, 1.54) is 0 Å². The summed E-state index contributed by atoms with van der Waals surface area (Å²) < 4.78 is 12.2.